The fraction of sp³-hybridized carbons (Fsp3) is 0.333. The van der Waals surface area contributed by atoms with Crippen molar-refractivity contribution in [3.8, 4) is 0 Å². The van der Waals surface area contributed by atoms with Gasteiger partial charge in [-0.15, -0.1) is 0 Å². The number of aryl methyl sites for hydroxylation is 1. The van der Waals surface area contributed by atoms with Gasteiger partial charge in [-0.25, -0.2) is 8.42 Å². The van der Waals surface area contributed by atoms with Gasteiger partial charge in [0.05, 0.1) is 10.9 Å². The Morgan fingerprint density at radius 3 is 2.29 bits per heavy atom. The van der Waals surface area contributed by atoms with Crippen LogP contribution in [0.15, 0.2) is 47.4 Å². The Kier molecular flexibility index (Phi) is 5.56. The van der Waals surface area contributed by atoms with Gasteiger partial charge in [-0.1, -0.05) is 18.2 Å². The summed E-state index contributed by atoms with van der Waals surface area (Å²) in [5, 5.41) is 5.78. The van der Waals surface area contributed by atoms with E-state index in [9.17, 15) is 18.0 Å². The molecule has 1 atom stereocenters. The maximum absolute atomic E-state index is 12.7. The van der Waals surface area contributed by atoms with E-state index in [1.807, 2.05) is 31.2 Å². The molecular formula is C21H24N2O4S. The molecule has 3 rings (SSSR count). The summed E-state index contributed by atoms with van der Waals surface area (Å²) >= 11 is 0. The minimum absolute atomic E-state index is 0.0512. The molecule has 2 aromatic rings. The molecule has 148 valence electrons. The zero-order valence-corrected chi connectivity index (χ0v) is 17.0. The molecule has 0 aromatic heterocycles. The van der Waals surface area contributed by atoms with Crippen molar-refractivity contribution in [2.45, 2.75) is 37.6 Å². The number of anilines is 1. The third-order valence-electron chi connectivity index (χ3n) is 4.86. The molecule has 1 fully saturated rings. The molecule has 1 saturated carbocycles. The average Bonchev–Trinajstić information content (AvgIpc) is 3.46. The number of hydrogen-bond acceptors (Lipinski definition) is 4. The monoisotopic (exact) mass is 400 g/mol. The largest absolute Gasteiger partial charge is 0.346 e. The van der Waals surface area contributed by atoms with Crippen molar-refractivity contribution >= 4 is 27.3 Å². The molecule has 0 saturated heterocycles. The maximum atomic E-state index is 12.7. The normalized spacial score (nSPS) is 15.0. The van der Waals surface area contributed by atoms with Crippen molar-refractivity contribution in [1.82, 2.24) is 5.32 Å². The smallest absolute Gasteiger partial charge is 0.252 e. The number of benzene rings is 2. The fourth-order valence-corrected chi connectivity index (χ4v) is 3.53. The van der Waals surface area contributed by atoms with Crippen molar-refractivity contribution < 1.29 is 18.0 Å². The highest BCUT2D eigenvalue weighted by atomic mass is 32.2. The van der Waals surface area contributed by atoms with Crippen molar-refractivity contribution in [1.29, 1.82) is 0 Å². The zero-order valence-electron chi connectivity index (χ0n) is 16.2. The summed E-state index contributed by atoms with van der Waals surface area (Å²) in [5.74, 6) is -0.138. The van der Waals surface area contributed by atoms with Crippen LogP contribution in [0.2, 0.25) is 0 Å². The van der Waals surface area contributed by atoms with Gasteiger partial charge in [-0.3, -0.25) is 9.59 Å². The number of nitrogens with one attached hydrogen (secondary N) is 2. The molecule has 1 aliphatic carbocycles. The Labute approximate surface area is 165 Å². The van der Waals surface area contributed by atoms with Gasteiger partial charge in [0.2, 0.25) is 5.91 Å². The fourth-order valence-electron chi connectivity index (χ4n) is 2.88. The van der Waals surface area contributed by atoms with E-state index in [1.54, 1.807) is 13.0 Å². The molecule has 6 nitrogen and oxygen atoms in total. The molecule has 0 bridgehead atoms. The number of carbonyl (C=O) groups is 2. The Morgan fingerprint density at radius 1 is 1.07 bits per heavy atom. The summed E-state index contributed by atoms with van der Waals surface area (Å²) in [6, 6.07) is 11.6. The van der Waals surface area contributed by atoms with Crippen LogP contribution in [0, 0.1) is 12.8 Å². The van der Waals surface area contributed by atoms with Crippen molar-refractivity contribution in [2.75, 3.05) is 11.6 Å². The molecule has 7 heteroatoms. The molecule has 0 spiro atoms. The summed E-state index contributed by atoms with van der Waals surface area (Å²) in [7, 11) is -3.39. The highest BCUT2D eigenvalue weighted by Gasteiger charge is 2.29. The highest BCUT2D eigenvalue weighted by Crippen LogP contribution is 2.30. The standard InChI is InChI=1S/C21H24N2O4S/c1-13-4-11-18(28(3,26)27)12-19(13)21(25)22-14(2)15-7-9-17(10-8-15)23-20(24)16-5-6-16/h4,7-12,14,16H,5-6H2,1-3H3,(H,22,25)(H,23,24). The van der Waals surface area contributed by atoms with Crippen LogP contribution in [0.3, 0.4) is 0 Å². The molecule has 1 unspecified atom stereocenters. The van der Waals surface area contributed by atoms with Crippen molar-refractivity contribution in [3.05, 3.63) is 59.2 Å². The van der Waals surface area contributed by atoms with E-state index < -0.39 is 9.84 Å². The Hall–Kier alpha value is -2.67. The second-order valence-electron chi connectivity index (χ2n) is 7.33. The van der Waals surface area contributed by atoms with Gasteiger partial charge in [0.1, 0.15) is 0 Å². The average molecular weight is 401 g/mol. The van der Waals surface area contributed by atoms with Crippen LogP contribution in [0.25, 0.3) is 0 Å². The van der Waals surface area contributed by atoms with Crippen LogP contribution < -0.4 is 10.6 Å². The van der Waals surface area contributed by atoms with Crippen molar-refractivity contribution in [2.24, 2.45) is 5.92 Å². The lowest BCUT2D eigenvalue weighted by Gasteiger charge is -2.16. The van der Waals surface area contributed by atoms with E-state index in [0.29, 0.717) is 11.1 Å². The van der Waals surface area contributed by atoms with Gasteiger partial charge in [-0.05, 0) is 62.1 Å². The molecule has 0 radical (unpaired) electrons. The van der Waals surface area contributed by atoms with Gasteiger partial charge >= 0.3 is 0 Å². The van der Waals surface area contributed by atoms with E-state index in [1.165, 1.54) is 12.1 Å². The Bertz CT molecular complexity index is 1010. The number of hydrogen-bond donors (Lipinski definition) is 2. The maximum Gasteiger partial charge on any atom is 0.252 e. The van der Waals surface area contributed by atoms with Crippen molar-refractivity contribution in [3.63, 3.8) is 0 Å². The SMILES string of the molecule is Cc1ccc(S(C)(=O)=O)cc1C(=O)NC(C)c1ccc(NC(=O)C2CC2)cc1. The second kappa shape index (κ2) is 7.75. The number of carbonyl (C=O) groups excluding carboxylic acids is 2. The summed E-state index contributed by atoms with van der Waals surface area (Å²) in [5.41, 5.74) is 2.66. The molecule has 2 N–H and O–H groups in total. The van der Waals surface area contributed by atoms with Crippen LogP contribution in [0.1, 0.15) is 47.3 Å². The molecule has 2 aromatic carbocycles. The first-order valence-corrected chi connectivity index (χ1v) is 11.1. The quantitative estimate of drug-likeness (QED) is 0.779. The second-order valence-corrected chi connectivity index (χ2v) is 9.35. The summed E-state index contributed by atoms with van der Waals surface area (Å²) in [6.45, 7) is 3.62. The van der Waals surface area contributed by atoms with Crippen LogP contribution in [-0.2, 0) is 14.6 Å². The first-order chi connectivity index (χ1) is 13.1. The topological polar surface area (TPSA) is 92.3 Å². The van der Waals surface area contributed by atoms with Gasteiger partial charge < -0.3 is 10.6 Å². The first-order valence-electron chi connectivity index (χ1n) is 9.17. The van der Waals surface area contributed by atoms with E-state index in [2.05, 4.69) is 10.6 Å². The van der Waals surface area contributed by atoms with Gasteiger partial charge in [0.15, 0.2) is 9.84 Å². The lowest BCUT2D eigenvalue weighted by atomic mass is 10.1. The van der Waals surface area contributed by atoms with Crippen LogP contribution >= 0.6 is 0 Å². The first kappa shape index (κ1) is 20.1. The predicted octanol–water partition coefficient (Wildman–Crippen LogP) is 3.24. The number of rotatable bonds is 6. The van der Waals surface area contributed by atoms with Gasteiger partial charge in [-0.2, -0.15) is 0 Å². The Morgan fingerprint density at radius 2 is 1.71 bits per heavy atom. The molecule has 0 heterocycles. The van der Waals surface area contributed by atoms with Gasteiger partial charge in [0, 0.05) is 23.4 Å². The summed E-state index contributed by atoms with van der Waals surface area (Å²) in [4.78, 5) is 24.6. The molecule has 1 aliphatic rings. The molecular weight excluding hydrogens is 376 g/mol. The number of amides is 2. The molecule has 0 aliphatic heterocycles. The molecule has 28 heavy (non-hydrogen) atoms. The minimum atomic E-state index is -3.39. The Balaban J connectivity index is 1.69. The summed E-state index contributed by atoms with van der Waals surface area (Å²) < 4.78 is 23.5. The third-order valence-corrected chi connectivity index (χ3v) is 5.97. The van der Waals surface area contributed by atoms with E-state index in [0.717, 1.165) is 30.3 Å². The molecule has 2 amide bonds. The highest BCUT2D eigenvalue weighted by molar-refractivity contribution is 7.90. The van der Waals surface area contributed by atoms with E-state index in [4.69, 9.17) is 0 Å². The van der Waals surface area contributed by atoms with Crippen LogP contribution in [-0.4, -0.2) is 26.5 Å². The minimum Gasteiger partial charge on any atom is -0.346 e. The number of sulfone groups is 1. The van der Waals surface area contributed by atoms with Crippen LogP contribution in [0.4, 0.5) is 5.69 Å². The van der Waals surface area contributed by atoms with Gasteiger partial charge in [0.25, 0.3) is 5.91 Å². The lowest BCUT2D eigenvalue weighted by Crippen LogP contribution is -2.27. The zero-order chi connectivity index (χ0) is 20.5. The van der Waals surface area contributed by atoms with E-state index >= 15 is 0 Å². The summed E-state index contributed by atoms with van der Waals surface area (Å²) in [6.07, 6.45) is 3.02. The predicted molar refractivity (Wildman–Crippen MR) is 108 cm³/mol. The lowest BCUT2D eigenvalue weighted by molar-refractivity contribution is -0.117. The van der Waals surface area contributed by atoms with E-state index in [-0.39, 0.29) is 28.7 Å². The third kappa shape index (κ3) is 4.78. The van der Waals surface area contributed by atoms with Crippen LogP contribution in [0.5, 0.6) is 0 Å².